The highest BCUT2D eigenvalue weighted by Crippen LogP contribution is 1.82. The molecule has 0 saturated carbocycles. The molecule has 0 heterocycles. The van der Waals surface area contributed by atoms with Gasteiger partial charge in [-0.1, -0.05) is 0 Å². The number of nitrogens with zero attached hydrogens (tertiary/aromatic N) is 1. The second-order valence-electron chi connectivity index (χ2n) is 1.77. The molecule has 0 unspecified atom stereocenters. The van der Waals surface area contributed by atoms with E-state index in [0.29, 0.717) is 0 Å². The Balaban J connectivity index is 3.59. The largest absolute Gasteiger partial charge is 0.370 e. The number of nitrogens with two attached hydrogens (primary N) is 2. The Kier molecular flexibility index (Phi) is 4.39. The molecule has 0 fully saturated rings. The fourth-order valence-electron chi connectivity index (χ4n) is 0.339. The van der Waals surface area contributed by atoms with Gasteiger partial charge in [-0.3, -0.25) is 9.68 Å². The summed E-state index contributed by atoms with van der Waals surface area (Å²) in [4.78, 5) is 31.9. The smallest absolute Gasteiger partial charge is 0.339 e. The third-order valence-electron chi connectivity index (χ3n) is 0.612. The summed E-state index contributed by atoms with van der Waals surface area (Å²) >= 11 is 0. The second kappa shape index (κ2) is 5.08. The van der Waals surface area contributed by atoms with Crippen LogP contribution >= 0.6 is 0 Å². The molecule has 0 aromatic heterocycles. The van der Waals surface area contributed by atoms with Crippen LogP contribution in [0.25, 0.3) is 0 Å². The van der Waals surface area contributed by atoms with Gasteiger partial charge in [0.15, 0.2) is 12.6 Å². The van der Waals surface area contributed by atoms with Crippen molar-refractivity contribution in [1.29, 1.82) is 0 Å². The zero-order valence-corrected chi connectivity index (χ0v) is 6.44. The van der Waals surface area contributed by atoms with Gasteiger partial charge in [0.25, 0.3) is 5.91 Å². The molecule has 0 aliphatic carbocycles. The predicted octanol–water partition coefficient (Wildman–Crippen LogP) is -1.72. The fourth-order valence-corrected chi connectivity index (χ4v) is 0.339. The summed E-state index contributed by atoms with van der Waals surface area (Å²) < 4.78 is 0. The van der Waals surface area contributed by atoms with Crippen LogP contribution in [-0.4, -0.2) is 24.4 Å². The quantitative estimate of drug-likeness (QED) is 0.228. The molecule has 0 bridgehead atoms. The fraction of sp³-hybridized carbons (Fsp3) is 0.400. The highest BCUT2D eigenvalue weighted by atomic mass is 17.2. The van der Waals surface area contributed by atoms with E-state index >= 15 is 0 Å². The number of carbonyl (C=O) groups is 2. The number of guanidine groups is 1. The third kappa shape index (κ3) is 6.49. The maximum absolute atomic E-state index is 10.6. The van der Waals surface area contributed by atoms with Gasteiger partial charge >= 0.3 is 5.97 Å². The van der Waals surface area contributed by atoms with Gasteiger partial charge in [0.2, 0.25) is 0 Å². The Morgan fingerprint density at radius 3 is 2.42 bits per heavy atom. The molecule has 7 nitrogen and oxygen atoms in total. The topological polar surface area (TPSA) is 117 Å². The summed E-state index contributed by atoms with van der Waals surface area (Å²) in [6, 6.07) is 0. The summed E-state index contributed by atoms with van der Waals surface area (Å²) in [6.45, 7) is 0.627. The van der Waals surface area contributed by atoms with E-state index in [2.05, 4.69) is 14.8 Å². The van der Waals surface area contributed by atoms with Gasteiger partial charge in [0.05, 0.1) is 0 Å². The monoisotopic (exact) mass is 175 g/mol. The van der Waals surface area contributed by atoms with E-state index in [0.717, 1.165) is 6.92 Å². The van der Waals surface area contributed by atoms with Crippen LogP contribution in [0.2, 0.25) is 0 Å². The van der Waals surface area contributed by atoms with Crippen molar-refractivity contribution in [2.45, 2.75) is 6.92 Å². The molecule has 0 saturated heterocycles. The molecule has 1 amide bonds. The lowest BCUT2D eigenvalue weighted by molar-refractivity contribution is -0.265. The van der Waals surface area contributed by atoms with E-state index in [1.807, 2.05) is 0 Å². The van der Waals surface area contributed by atoms with Crippen molar-refractivity contribution in [3.63, 3.8) is 0 Å². The Hall–Kier alpha value is -1.63. The highest BCUT2D eigenvalue weighted by molar-refractivity contribution is 5.91. The molecule has 12 heavy (non-hydrogen) atoms. The van der Waals surface area contributed by atoms with Crippen LogP contribution in [0, 0.1) is 0 Å². The molecule has 0 aliphatic rings. The van der Waals surface area contributed by atoms with E-state index in [-0.39, 0.29) is 5.96 Å². The molecule has 7 heteroatoms. The number of rotatable bonds is 3. The van der Waals surface area contributed by atoms with Crippen LogP contribution in [0.1, 0.15) is 6.92 Å². The zero-order valence-electron chi connectivity index (χ0n) is 6.44. The summed E-state index contributed by atoms with van der Waals surface area (Å²) in [6.07, 6.45) is 0. The lowest BCUT2D eigenvalue weighted by Gasteiger charge is -1.96. The Bertz CT molecular complexity index is 209. The van der Waals surface area contributed by atoms with Gasteiger partial charge < -0.3 is 11.5 Å². The van der Waals surface area contributed by atoms with Crippen molar-refractivity contribution in [1.82, 2.24) is 0 Å². The highest BCUT2D eigenvalue weighted by Gasteiger charge is 2.01. The van der Waals surface area contributed by atoms with Crippen molar-refractivity contribution in [2.24, 2.45) is 16.5 Å². The number of hydrogen-bond acceptors (Lipinski definition) is 4. The molecule has 0 spiro atoms. The summed E-state index contributed by atoms with van der Waals surface area (Å²) in [5.74, 6) is -1.75. The SMILES string of the molecule is CC(=O)OOCC(=O)N=C(N)N. The van der Waals surface area contributed by atoms with E-state index in [9.17, 15) is 9.59 Å². The normalized spacial score (nSPS) is 8.75. The van der Waals surface area contributed by atoms with E-state index in [1.54, 1.807) is 0 Å². The molecule has 68 valence electrons. The number of aliphatic imine (C=N–C) groups is 1. The maximum atomic E-state index is 10.6. The van der Waals surface area contributed by atoms with Crippen molar-refractivity contribution >= 4 is 17.8 Å². The number of amides is 1. The molecular formula is C5H9N3O4. The van der Waals surface area contributed by atoms with Crippen LogP contribution in [0.15, 0.2) is 4.99 Å². The molecular weight excluding hydrogens is 166 g/mol. The minimum Gasteiger partial charge on any atom is -0.370 e. The second-order valence-corrected chi connectivity index (χ2v) is 1.77. The van der Waals surface area contributed by atoms with E-state index in [1.165, 1.54) is 0 Å². The molecule has 0 atom stereocenters. The molecule has 0 aliphatic heterocycles. The minimum atomic E-state index is -0.726. The third-order valence-corrected chi connectivity index (χ3v) is 0.612. The molecule has 4 N–H and O–H groups in total. The predicted molar refractivity (Wildman–Crippen MR) is 38.5 cm³/mol. The summed E-state index contributed by atoms with van der Waals surface area (Å²) in [5.41, 5.74) is 9.74. The average Bonchev–Trinajstić information content (AvgIpc) is 1.84. The van der Waals surface area contributed by atoms with E-state index < -0.39 is 18.5 Å². The number of hydrogen-bond donors (Lipinski definition) is 2. The van der Waals surface area contributed by atoms with Crippen molar-refractivity contribution in [3.8, 4) is 0 Å². The van der Waals surface area contributed by atoms with Crippen LogP contribution < -0.4 is 11.5 Å². The van der Waals surface area contributed by atoms with Gasteiger partial charge in [0, 0.05) is 6.92 Å². The minimum absolute atomic E-state index is 0.369. The Morgan fingerprint density at radius 1 is 1.42 bits per heavy atom. The first-order chi connectivity index (χ1) is 5.52. The van der Waals surface area contributed by atoms with E-state index in [4.69, 9.17) is 11.5 Å². The first-order valence-corrected chi connectivity index (χ1v) is 2.95. The summed E-state index contributed by atoms with van der Waals surface area (Å²) in [5, 5.41) is 0. The van der Waals surface area contributed by atoms with Gasteiger partial charge in [-0.05, 0) is 0 Å². The summed E-state index contributed by atoms with van der Waals surface area (Å²) in [7, 11) is 0. The average molecular weight is 175 g/mol. The number of carbonyl (C=O) groups excluding carboxylic acids is 2. The van der Waals surface area contributed by atoms with Gasteiger partial charge in [-0.25, -0.2) is 4.79 Å². The van der Waals surface area contributed by atoms with Crippen molar-refractivity contribution in [3.05, 3.63) is 0 Å². The molecule has 0 radical (unpaired) electrons. The van der Waals surface area contributed by atoms with Crippen LogP contribution in [0.4, 0.5) is 0 Å². The lowest BCUT2D eigenvalue weighted by Crippen LogP contribution is -2.25. The molecule has 0 rings (SSSR count). The molecule has 0 aromatic rings. The Morgan fingerprint density at radius 2 is 2.00 bits per heavy atom. The van der Waals surface area contributed by atoms with Crippen LogP contribution in [0.3, 0.4) is 0 Å². The lowest BCUT2D eigenvalue weighted by atomic mass is 10.7. The van der Waals surface area contributed by atoms with Gasteiger partial charge in [-0.15, -0.1) is 0 Å². The maximum Gasteiger partial charge on any atom is 0.339 e. The first-order valence-electron chi connectivity index (χ1n) is 2.95. The van der Waals surface area contributed by atoms with Gasteiger partial charge in [0.1, 0.15) is 0 Å². The van der Waals surface area contributed by atoms with Gasteiger partial charge in [-0.2, -0.15) is 9.88 Å². The molecule has 0 aromatic carbocycles. The Labute approximate surface area is 68.3 Å². The zero-order chi connectivity index (χ0) is 9.56. The van der Waals surface area contributed by atoms with Crippen LogP contribution in [-0.2, 0) is 19.4 Å². The standard InChI is InChI=1S/C5H9N3O4/c1-3(9)12-11-2-4(10)8-5(6)7/h2H2,1H3,(H4,6,7,8,10). The van der Waals surface area contributed by atoms with Crippen LogP contribution in [0.5, 0.6) is 0 Å². The van der Waals surface area contributed by atoms with Crippen molar-refractivity contribution in [2.75, 3.05) is 6.61 Å². The first kappa shape index (κ1) is 10.4. The van der Waals surface area contributed by atoms with Crippen molar-refractivity contribution < 1.29 is 19.4 Å².